The number of halogens is 1. The molecule has 1 aromatic rings. The molecule has 1 fully saturated rings. The van der Waals surface area contributed by atoms with Crippen LogP contribution < -0.4 is 10.6 Å². The molecular formula is C16H23ClN2O4S. The van der Waals surface area contributed by atoms with Crippen LogP contribution in [0.4, 0.5) is 0 Å². The maximum atomic E-state index is 12.5. The van der Waals surface area contributed by atoms with Crippen LogP contribution in [-0.4, -0.2) is 53.4 Å². The summed E-state index contributed by atoms with van der Waals surface area (Å²) >= 11 is 5.77. The molecule has 134 valence electrons. The molecule has 0 radical (unpaired) electrons. The van der Waals surface area contributed by atoms with E-state index >= 15 is 0 Å². The van der Waals surface area contributed by atoms with Crippen LogP contribution in [0, 0.1) is 5.41 Å². The quantitative estimate of drug-likeness (QED) is 0.750. The highest BCUT2D eigenvalue weighted by molar-refractivity contribution is 7.91. The van der Waals surface area contributed by atoms with Crippen molar-refractivity contribution in [3.05, 3.63) is 29.3 Å². The summed E-state index contributed by atoms with van der Waals surface area (Å²) in [6, 6.07) is 6.02. The molecule has 24 heavy (non-hydrogen) atoms. The number of hydrogen-bond acceptors (Lipinski definition) is 5. The average Bonchev–Trinajstić information content (AvgIpc) is 2.56. The molecule has 2 N–H and O–H groups in total. The van der Waals surface area contributed by atoms with Crippen molar-refractivity contribution < 1.29 is 17.9 Å². The Bertz CT molecular complexity index is 650. The summed E-state index contributed by atoms with van der Waals surface area (Å²) in [6.07, 6.45) is 1.35. The van der Waals surface area contributed by atoms with E-state index in [2.05, 4.69) is 10.6 Å². The standard InChI is InChI=1S/C16H23ClN2O4S/c1-23-12-16(6-8-18-9-7-16)15(20)19-10-11-24(21,22)14-4-2-13(17)3-5-14/h2-5,18H,6-12H2,1H3,(H,19,20). The fraction of sp³-hybridized carbons (Fsp3) is 0.562. The first kappa shape index (κ1) is 19.2. The highest BCUT2D eigenvalue weighted by Crippen LogP contribution is 2.29. The minimum absolute atomic E-state index is 0.0721. The van der Waals surface area contributed by atoms with Gasteiger partial charge < -0.3 is 15.4 Å². The summed E-state index contributed by atoms with van der Waals surface area (Å²) in [6.45, 7) is 1.91. The van der Waals surface area contributed by atoms with E-state index in [1.807, 2.05) is 0 Å². The number of benzene rings is 1. The van der Waals surface area contributed by atoms with E-state index in [0.717, 1.165) is 13.1 Å². The van der Waals surface area contributed by atoms with Crippen LogP contribution in [0.1, 0.15) is 12.8 Å². The predicted molar refractivity (Wildman–Crippen MR) is 92.9 cm³/mol. The summed E-state index contributed by atoms with van der Waals surface area (Å²) in [5.41, 5.74) is -0.579. The van der Waals surface area contributed by atoms with Gasteiger partial charge in [0.25, 0.3) is 0 Å². The van der Waals surface area contributed by atoms with Crippen LogP contribution in [0.15, 0.2) is 29.2 Å². The number of methoxy groups -OCH3 is 1. The zero-order chi connectivity index (χ0) is 17.6. The normalized spacial score (nSPS) is 17.4. The van der Waals surface area contributed by atoms with E-state index in [9.17, 15) is 13.2 Å². The molecule has 0 aromatic heterocycles. The minimum atomic E-state index is -3.45. The molecule has 6 nitrogen and oxygen atoms in total. The Morgan fingerprint density at radius 3 is 2.50 bits per heavy atom. The zero-order valence-electron chi connectivity index (χ0n) is 13.7. The Hall–Kier alpha value is -1.15. The van der Waals surface area contributed by atoms with E-state index in [1.165, 1.54) is 24.3 Å². The number of hydrogen-bond donors (Lipinski definition) is 2. The highest BCUT2D eigenvalue weighted by atomic mass is 35.5. The monoisotopic (exact) mass is 374 g/mol. The molecule has 2 rings (SSSR count). The van der Waals surface area contributed by atoms with Gasteiger partial charge in [-0.1, -0.05) is 11.6 Å². The summed E-state index contributed by atoms with van der Waals surface area (Å²) in [7, 11) is -1.88. The molecule has 1 aliphatic rings. The van der Waals surface area contributed by atoms with Crippen molar-refractivity contribution in [2.75, 3.05) is 39.1 Å². The summed E-state index contributed by atoms with van der Waals surface area (Å²) in [4.78, 5) is 12.7. The van der Waals surface area contributed by atoms with Crippen molar-refractivity contribution >= 4 is 27.3 Å². The molecule has 0 saturated carbocycles. The van der Waals surface area contributed by atoms with E-state index in [0.29, 0.717) is 24.5 Å². The maximum Gasteiger partial charge on any atom is 0.228 e. The maximum absolute atomic E-state index is 12.5. The number of carbonyl (C=O) groups is 1. The second-order valence-corrected chi connectivity index (χ2v) is 8.54. The summed E-state index contributed by atoms with van der Waals surface area (Å²) in [5, 5.41) is 6.46. The van der Waals surface area contributed by atoms with E-state index in [1.54, 1.807) is 7.11 Å². The molecule has 1 saturated heterocycles. The van der Waals surface area contributed by atoms with Gasteiger partial charge in [0.1, 0.15) is 0 Å². The second kappa shape index (κ2) is 8.29. The lowest BCUT2D eigenvalue weighted by atomic mass is 9.78. The van der Waals surface area contributed by atoms with Crippen LogP contribution in [0.25, 0.3) is 0 Å². The van der Waals surface area contributed by atoms with Gasteiger partial charge in [-0.15, -0.1) is 0 Å². The number of nitrogens with one attached hydrogen (secondary N) is 2. The molecule has 0 bridgehead atoms. The van der Waals surface area contributed by atoms with Crippen molar-refractivity contribution in [1.82, 2.24) is 10.6 Å². The van der Waals surface area contributed by atoms with Gasteiger partial charge in [0.15, 0.2) is 9.84 Å². The molecule has 1 aliphatic heterocycles. The van der Waals surface area contributed by atoms with Crippen molar-refractivity contribution in [1.29, 1.82) is 0 Å². The third-order valence-corrected chi connectivity index (χ3v) is 6.28. The van der Waals surface area contributed by atoms with E-state index < -0.39 is 15.3 Å². The lowest BCUT2D eigenvalue weighted by molar-refractivity contribution is -0.136. The van der Waals surface area contributed by atoms with E-state index in [-0.39, 0.29) is 23.1 Å². The van der Waals surface area contributed by atoms with Crippen LogP contribution in [0.5, 0.6) is 0 Å². The second-order valence-electron chi connectivity index (χ2n) is 5.99. The highest BCUT2D eigenvalue weighted by Gasteiger charge is 2.39. The first-order valence-electron chi connectivity index (χ1n) is 7.86. The molecular weight excluding hydrogens is 352 g/mol. The number of sulfone groups is 1. The molecule has 1 aromatic carbocycles. The lowest BCUT2D eigenvalue weighted by Crippen LogP contribution is -2.50. The fourth-order valence-electron chi connectivity index (χ4n) is 2.86. The lowest BCUT2D eigenvalue weighted by Gasteiger charge is -2.35. The van der Waals surface area contributed by atoms with Gasteiger partial charge in [0.2, 0.25) is 5.91 Å². The Labute approximate surface area is 147 Å². The molecule has 0 unspecified atom stereocenters. The van der Waals surface area contributed by atoms with Crippen LogP contribution in [-0.2, 0) is 19.4 Å². The van der Waals surface area contributed by atoms with E-state index in [4.69, 9.17) is 16.3 Å². The summed E-state index contributed by atoms with van der Waals surface area (Å²) < 4.78 is 29.8. The zero-order valence-corrected chi connectivity index (χ0v) is 15.3. The molecule has 0 spiro atoms. The average molecular weight is 375 g/mol. The van der Waals surface area contributed by atoms with Gasteiger partial charge in [-0.05, 0) is 50.2 Å². The smallest absolute Gasteiger partial charge is 0.228 e. The van der Waals surface area contributed by atoms with Gasteiger partial charge in [-0.25, -0.2) is 8.42 Å². The largest absolute Gasteiger partial charge is 0.384 e. The molecule has 8 heteroatoms. The van der Waals surface area contributed by atoms with Gasteiger partial charge in [0, 0.05) is 18.7 Å². The van der Waals surface area contributed by atoms with Crippen molar-refractivity contribution in [3.8, 4) is 0 Å². The topological polar surface area (TPSA) is 84.5 Å². The summed E-state index contributed by atoms with van der Waals surface area (Å²) in [5.74, 6) is -0.293. The van der Waals surface area contributed by atoms with Crippen LogP contribution in [0.2, 0.25) is 5.02 Å². The van der Waals surface area contributed by atoms with Gasteiger partial charge >= 0.3 is 0 Å². The fourth-order valence-corrected chi connectivity index (χ4v) is 4.15. The van der Waals surface area contributed by atoms with Crippen molar-refractivity contribution in [2.24, 2.45) is 5.41 Å². The predicted octanol–water partition coefficient (Wildman–Crippen LogP) is 1.25. The number of ether oxygens (including phenoxy) is 1. The number of piperidine rings is 1. The number of carbonyl (C=O) groups excluding carboxylic acids is 1. The Morgan fingerprint density at radius 1 is 1.29 bits per heavy atom. The molecule has 0 atom stereocenters. The van der Waals surface area contributed by atoms with Crippen molar-refractivity contribution in [2.45, 2.75) is 17.7 Å². The SMILES string of the molecule is COCC1(C(=O)NCCS(=O)(=O)c2ccc(Cl)cc2)CCNCC1. The van der Waals surface area contributed by atoms with Gasteiger partial charge in [-0.2, -0.15) is 0 Å². The van der Waals surface area contributed by atoms with Crippen LogP contribution >= 0.6 is 11.6 Å². The first-order valence-corrected chi connectivity index (χ1v) is 9.89. The Balaban J connectivity index is 1.94. The third-order valence-electron chi connectivity index (χ3n) is 4.29. The third kappa shape index (κ3) is 4.69. The molecule has 1 amide bonds. The Morgan fingerprint density at radius 2 is 1.92 bits per heavy atom. The van der Waals surface area contributed by atoms with Gasteiger partial charge in [-0.3, -0.25) is 4.79 Å². The minimum Gasteiger partial charge on any atom is -0.384 e. The number of rotatable bonds is 7. The Kier molecular flexibility index (Phi) is 6.62. The van der Waals surface area contributed by atoms with Crippen LogP contribution in [0.3, 0.4) is 0 Å². The molecule has 1 heterocycles. The number of amides is 1. The molecule has 0 aliphatic carbocycles. The van der Waals surface area contributed by atoms with Crippen molar-refractivity contribution in [3.63, 3.8) is 0 Å². The van der Waals surface area contributed by atoms with Gasteiger partial charge in [0.05, 0.1) is 22.7 Å². The first-order chi connectivity index (χ1) is 11.4.